The molecule has 0 aromatic heterocycles. The van der Waals surface area contributed by atoms with Gasteiger partial charge in [-0.05, 0) is 97.8 Å². The van der Waals surface area contributed by atoms with Crippen LogP contribution in [-0.2, 0) is 9.59 Å². The Morgan fingerprint density at radius 2 is 0.780 bits per heavy atom. The molecule has 6 aromatic carbocycles. The first kappa shape index (κ1) is 33.2. The fraction of sp³-hybridized carbons (Fsp3) is 0.0455. The fourth-order valence-corrected chi connectivity index (χ4v) is 5.58. The van der Waals surface area contributed by atoms with Crippen LogP contribution in [0, 0.1) is 13.8 Å². The maximum Gasteiger partial charge on any atom is 0.335 e. The molecule has 0 N–H and O–H groups in total. The van der Waals surface area contributed by atoms with E-state index in [0.29, 0.717) is 11.5 Å². The molecular weight excluding hydrogens is 620 g/mol. The molecule has 246 valence electrons. The summed E-state index contributed by atoms with van der Waals surface area (Å²) in [4.78, 5) is 28.1. The van der Waals surface area contributed by atoms with Crippen molar-refractivity contribution in [3.05, 3.63) is 182 Å². The number of aryl methyl sites for hydroxylation is 2. The molecule has 0 saturated carbocycles. The largest absolute Gasteiger partial charge is 0.423 e. The minimum atomic E-state index is -0.510. The number of carbonyl (C=O) groups excluding carboxylic acids is 2. The van der Waals surface area contributed by atoms with Crippen LogP contribution in [0.15, 0.2) is 171 Å². The number of anilines is 6. The zero-order chi connectivity index (χ0) is 35.0. The van der Waals surface area contributed by atoms with Crippen molar-refractivity contribution >= 4 is 46.1 Å². The Labute approximate surface area is 292 Å². The van der Waals surface area contributed by atoms with E-state index in [1.807, 2.05) is 36.4 Å². The molecule has 0 aliphatic carbocycles. The third-order valence-electron chi connectivity index (χ3n) is 8.09. The van der Waals surface area contributed by atoms with E-state index in [9.17, 15) is 9.59 Å². The summed E-state index contributed by atoms with van der Waals surface area (Å²) in [6.07, 6.45) is 2.30. The zero-order valence-corrected chi connectivity index (χ0v) is 28.0. The standard InChI is InChI=1S/C44H36N2O4/c1-5-43(47)49-41-11-7-9-39(29-41)45(35-21-13-31(3)14-22-35)37-25-17-33(18-26-37)34-19-27-38(28-20-34)46(36-23-15-32(4)16-24-36)40-10-8-12-42(30-40)50-44(48)6-2/h5-30H,1-2H2,3-4H3. The van der Waals surface area contributed by atoms with Crippen LogP contribution in [0.1, 0.15) is 11.1 Å². The molecule has 0 fully saturated rings. The van der Waals surface area contributed by atoms with E-state index in [1.54, 1.807) is 12.1 Å². The van der Waals surface area contributed by atoms with Gasteiger partial charge in [0.15, 0.2) is 0 Å². The summed E-state index contributed by atoms with van der Waals surface area (Å²) in [5.41, 5.74) is 9.96. The molecule has 0 radical (unpaired) electrons. The number of ether oxygens (including phenoxy) is 2. The molecule has 0 bridgehead atoms. The molecule has 0 heterocycles. The molecule has 0 amide bonds. The van der Waals surface area contributed by atoms with Gasteiger partial charge in [-0.1, -0.05) is 84.9 Å². The fourth-order valence-electron chi connectivity index (χ4n) is 5.58. The molecule has 0 spiro atoms. The summed E-state index contributed by atoms with van der Waals surface area (Å²) >= 11 is 0. The van der Waals surface area contributed by atoms with Crippen molar-refractivity contribution in [2.45, 2.75) is 13.8 Å². The predicted octanol–water partition coefficient (Wildman–Crippen LogP) is 11.1. The third kappa shape index (κ3) is 7.72. The highest BCUT2D eigenvalue weighted by atomic mass is 16.5. The second-order valence-electron chi connectivity index (χ2n) is 11.7. The lowest BCUT2D eigenvalue weighted by Gasteiger charge is -2.26. The number of hydrogen-bond donors (Lipinski definition) is 0. The lowest BCUT2D eigenvalue weighted by atomic mass is 10.0. The van der Waals surface area contributed by atoms with E-state index in [0.717, 1.165) is 68.5 Å². The van der Waals surface area contributed by atoms with Crippen molar-refractivity contribution in [2.24, 2.45) is 0 Å². The molecule has 0 aliphatic rings. The van der Waals surface area contributed by atoms with Crippen LogP contribution in [0.4, 0.5) is 34.1 Å². The van der Waals surface area contributed by atoms with E-state index >= 15 is 0 Å². The number of carbonyl (C=O) groups is 2. The van der Waals surface area contributed by atoms with E-state index in [2.05, 4.69) is 134 Å². The number of benzene rings is 6. The summed E-state index contributed by atoms with van der Waals surface area (Å²) in [6, 6.07) is 48.2. The van der Waals surface area contributed by atoms with Gasteiger partial charge in [0.05, 0.1) is 0 Å². The Bertz CT molecular complexity index is 1980. The summed E-state index contributed by atoms with van der Waals surface area (Å²) in [5, 5.41) is 0. The lowest BCUT2D eigenvalue weighted by Crippen LogP contribution is -2.11. The summed E-state index contributed by atoms with van der Waals surface area (Å²) in [5.74, 6) is -0.149. The maximum absolute atomic E-state index is 11.9. The minimum Gasteiger partial charge on any atom is -0.423 e. The number of hydrogen-bond acceptors (Lipinski definition) is 6. The molecule has 0 saturated heterocycles. The quantitative estimate of drug-likeness (QED) is 0.0786. The van der Waals surface area contributed by atoms with Gasteiger partial charge < -0.3 is 19.3 Å². The minimum absolute atomic E-state index is 0.436. The van der Waals surface area contributed by atoms with Crippen LogP contribution in [0.3, 0.4) is 0 Å². The second kappa shape index (κ2) is 15.0. The van der Waals surface area contributed by atoms with E-state index < -0.39 is 11.9 Å². The normalized spacial score (nSPS) is 10.5. The van der Waals surface area contributed by atoms with Crippen molar-refractivity contribution in [1.82, 2.24) is 0 Å². The molecule has 6 heteroatoms. The van der Waals surface area contributed by atoms with Crippen molar-refractivity contribution in [1.29, 1.82) is 0 Å². The van der Waals surface area contributed by atoms with Gasteiger partial charge in [0.1, 0.15) is 11.5 Å². The Morgan fingerprint density at radius 1 is 0.460 bits per heavy atom. The van der Waals surface area contributed by atoms with Crippen LogP contribution < -0.4 is 19.3 Å². The van der Waals surface area contributed by atoms with Crippen molar-refractivity contribution in [3.8, 4) is 22.6 Å². The van der Waals surface area contributed by atoms with E-state index in [-0.39, 0.29) is 0 Å². The Balaban J connectivity index is 1.32. The molecular formula is C44H36N2O4. The summed E-state index contributed by atoms with van der Waals surface area (Å²) in [7, 11) is 0. The zero-order valence-electron chi connectivity index (χ0n) is 28.0. The van der Waals surface area contributed by atoms with Gasteiger partial charge in [-0.25, -0.2) is 9.59 Å². The molecule has 50 heavy (non-hydrogen) atoms. The molecule has 6 aromatic rings. The average molecular weight is 657 g/mol. The smallest absolute Gasteiger partial charge is 0.335 e. The van der Waals surface area contributed by atoms with Gasteiger partial charge in [-0.3, -0.25) is 0 Å². The Morgan fingerprint density at radius 3 is 1.10 bits per heavy atom. The Hall–Kier alpha value is -6.66. The van der Waals surface area contributed by atoms with Crippen LogP contribution in [-0.4, -0.2) is 11.9 Å². The second-order valence-corrected chi connectivity index (χ2v) is 11.7. The SMILES string of the molecule is C=CC(=O)Oc1cccc(N(c2ccc(C)cc2)c2ccc(-c3ccc(N(c4ccc(C)cc4)c4cccc(OC(=O)C=C)c4)cc3)cc2)c1. The van der Waals surface area contributed by atoms with Crippen molar-refractivity contribution in [2.75, 3.05) is 9.80 Å². The maximum atomic E-state index is 11.9. The predicted molar refractivity (Wildman–Crippen MR) is 202 cm³/mol. The van der Waals surface area contributed by atoms with Gasteiger partial charge in [-0.2, -0.15) is 0 Å². The van der Waals surface area contributed by atoms with Gasteiger partial charge >= 0.3 is 11.9 Å². The molecule has 0 aliphatic heterocycles. The van der Waals surface area contributed by atoms with Crippen LogP contribution in [0.5, 0.6) is 11.5 Å². The average Bonchev–Trinajstić information content (AvgIpc) is 3.14. The first-order valence-electron chi connectivity index (χ1n) is 16.1. The molecule has 6 nitrogen and oxygen atoms in total. The lowest BCUT2D eigenvalue weighted by molar-refractivity contribution is -0.129. The molecule has 0 unspecified atom stereocenters. The highest BCUT2D eigenvalue weighted by molar-refractivity contribution is 5.85. The summed E-state index contributed by atoms with van der Waals surface area (Å²) in [6.45, 7) is 11.1. The first-order chi connectivity index (χ1) is 24.3. The first-order valence-corrected chi connectivity index (χ1v) is 16.1. The van der Waals surface area contributed by atoms with Gasteiger partial charge in [0.25, 0.3) is 0 Å². The summed E-state index contributed by atoms with van der Waals surface area (Å²) < 4.78 is 10.9. The highest BCUT2D eigenvalue weighted by Crippen LogP contribution is 2.39. The van der Waals surface area contributed by atoms with Crippen LogP contribution >= 0.6 is 0 Å². The number of rotatable bonds is 11. The molecule has 6 rings (SSSR count). The monoisotopic (exact) mass is 656 g/mol. The highest BCUT2D eigenvalue weighted by Gasteiger charge is 2.16. The van der Waals surface area contributed by atoms with Gasteiger partial charge in [0, 0.05) is 58.4 Å². The van der Waals surface area contributed by atoms with Crippen molar-refractivity contribution in [3.63, 3.8) is 0 Å². The van der Waals surface area contributed by atoms with Gasteiger partial charge in [0.2, 0.25) is 0 Å². The van der Waals surface area contributed by atoms with E-state index in [1.165, 1.54) is 0 Å². The third-order valence-corrected chi connectivity index (χ3v) is 8.09. The van der Waals surface area contributed by atoms with E-state index in [4.69, 9.17) is 9.47 Å². The van der Waals surface area contributed by atoms with Crippen LogP contribution in [0.25, 0.3) is 11.1 Å². The topological polar surface area (TPSA) is 59.1 Å². The van der Waals surface area contributed by atoms with Crippen LogP contribution in [0.2, 0.25) is 0 Å². The van der Waals surface area contributed by atoms with Crippen molar-refractivity contribution < 1.29 is 19.1 Å². The Kier molecular flexibility index (Phi) is 10.0. The number of esters is 2. The van der Waals surface area contributed by atoms with Gasteiger partial charge in [-0.15, -0.1) is 0 Å². The molecule has 0 atom stereocenters. The number of nitrogens with zero attached hydrogens (tertiary/aromatic N) is 2.